The number of allylic oxidation sites excluding steroid dienone is 1. The maximum absolute atomic E-state index is 12.6. The van der Waals surface area contributed by atoms with Gasteiger partial charge in [-0.25, -0.2) is 0 Å². The van der Waals surface area contributed by atoms with E-state index in [1.807, 2.05) is 6.92 Å². The number of nitrogens with one attached hydrogen (secondary N) is 4. The van der Waals surface area contributed by atoms with Crippen LogP contribution in [0.5, 0.6) is 0 Å². The third-order valence-electron chi connectivity index (χ3n) is 5.83. The monoisotopic (exact) mass is 521 g/mol. The summed E-state index contributed by atoms with van der Waals surface area (Å²) in [7, 11) is 0. The fourth-order valence-electron chi connectivity index (χ4n) is 3.95. The molecule has 0 bridgehead atoms. The quantitative estimate of drug-likeness (QED) is 0.174. The first-order valence-corrected chi connectivity index (χ1v) is 12.2. The topological polar surface area (TPSA) is 221 Å². The summed E-state index contributed by atoms with van der Waals surface area (Å²) in [5.41, 5.74) is 7.77. The molecule has 3 atom stereocenters. The van der Waals surface area contributed by atoms with Crippen LogP contribution < -0.4 is 21.7 Å². The van der Waals surface area contributed by atoms with Gasteiger partial charge < -0.3 is 36.9 Å². The molecule has 36 heavy (non-hydrogen) atoms. The van der Waals surface area contributed by atoms with Gasteiger partial charge in [0.25, 0.3) is 0 Å². The van der Waals surface area contributed by atoms with Gasteiger partial charge in [0, 0.05) is 34.9 Å². The van der Waals surface area contributed by atoms with Crippen LogP contribution in [0.1, 0.15) is 53.1 Å². The summed E-state index contributed by atoms with van der Waals surface area (Å²) in [6.07, 6.45) is 1.31. The van der Waals surface area contributed by atoms with E-state index in [2.05, 4.69) is 20.9 Å². The van der Waals surface area contributed by atoms with Gasteiger partial charge in [-0.3, -0.25) is 28.8 Å². The highest BCUT2D eigenvalue weighted by Gasteiger charge is 2.35. The molecule has 0 saturated heterocycles. The lowest BCUT2D eigenvalue weighted by Gasteiger charge is -2.21. The molecule has 2 aliphatic rings. The summed E-state index contributed by atoms with van der Waals surface area (Å²) in [6, 6.07) is -2.51. The van der Waals surface area contributed by atoms with E-state index in [-0.39, 0.29) is 24.6 Å². The zero-order valence-electron chi connectivity index (χ0n) is 19.4. The Morgan fingerprint density at radius 2 is 1.97 bits per heavy atom. The lowest BCUT2D eigenvalue weighted by molar-refractivity contribution is -0.139. The number of Topliss-reactive ketones (excluding diaryl/α,β-unsaturated/α-hetero) is 1. The number of H-pyrrole nitrogens is 1. The molecule has 1 aliphatic heterocycles. The van der Waals surface area contributed by atoms with Crippen molar-refractivity contribution in [2.45, 2.75) is 44.3 Å². The molecule has 1 aliphatic carbocycles. The Labute approximate surface area is 209 Å². The Balaban J connectivity index is 1.77. The average Bonchev–Trinajstić information content (AvgIpc) is 3.22. The number of hydrogen-bond donors (Lipinski definition) is 7. The van der Waals surface area contributed by atoms with Crippen molar-refractivity contribution >= 4 is 52.0 Å². The maximum Gasteiger partial charge on any atom is 0.322 e. The number of nitrogens with two attached hydrogens (primary N) is 1. The SMILES string of the molecule is CC1NCCc2c1[nH]c1c2C(=O)C(=O)C=C1SCC(NC(=O)CCC(N)C(=O)O)C(=O)NCC(=O)O. The molecular weight excluding hydrogens is 494 g/mol. The number of carbonyl (C=O) groups excluding carboxylic acids is 4. The Morgan fingerprint density at radius 3 is 2.64 bits per heavy atom. The number of aliphatic carboxylic acids is 2. The summed E-state index contributed by atoms with van der Waals surface area (Å²) in [4.78, 5) is 75.4. The highest BCUT2D eigenvalue weighted by Crippen LogP contribution is 2.39. The molecule has 0 aromatic carbocycles. The van der Waals surface area contributed by atoms with Crippen LogP contribution >= 0.6 is 11.8 Å². The second-order valence-electron chi connectivity index (χ2n) is 8.42. The molecule has 0 fully saturated rings. The predicted octanol–water partition coefficient (Wildman–Crippen LogP) is -1.06. The minimum Gasteiger partial charge on any atom is -0.480 e. The number of carboxylic acids is 2. The summed E-state index contributed by atoms with van der Waals surface area (Å²) in [5, 5.41) is 25.7. The van der Waals surface area contributed by atoms with Gasteiger partial charge in [0.15, 0.2) is 0 Å². The molecule has 3 rings (SSSR count). The second-order valence-corrected chi connectivity index (χ2v) is 9.48. The van der Waals surface area contributed by atoms with Crippen LogP contribution in [0.25, 0.3) is 4.91 Å². The molecule has 1 aromatic rings. The van der Waals surface area contributed by atoms with Crippen molar-refractivity contribution < 1.29 is 39.0 Å². The standard InChI is InChI=1S/C22H27N5O8S/c1-9-18-10(4-5-24-9)17-19(27-18)14(6-13(28)20(17)32)36-8-12(21(33)25-7-16(30)31)26-15(29)3-2-11(23)22(34)35/h6,9,11-12,24,27H,2-5,7-8,23H2,1H3,(H,25,33)(H,26,29)(H,30,31)(H,34,35). The number of ketones is 2. The van der Waals surface area contributed by atoms with Gasteiger partial charge in [0.1, 0.15) is 18.6 Å². The summed E-state index contributed by atoms with van der Waals surface area (Å²) < 4.78 is 0. The van der Waals surface area contributed by atoms with Crippen molar-refractivity contribution in [3.8, 4) is 0 Å². The minimum absolute atomic E-state index is 0.0560. The van der Waals surface area contributed by atoms with Crippen molar-refractivity contribution in [1.82, 2.24) is 20.9 Å². The van der Waals surface area contributed by atoms with Crippen LogP contribution in [0, 0.1) is 0 Å². The summed E-state index contributed by atoms with van der Waals surface area (Å²) in [6.45, 7) is 1.90. The fourth-order valence-corrected chi connectivity index (χ4v) is 5.02. The van der Waals surface area contributed by atoms with Crippen LogP contribution in [-0.2, 0) is 30.4 Å². The molecule has 14 heteroatoms. The lowest BCUT2D eigenvalue weighted by atomic mass is 9.92. The lowest BCUT2D eigenvalue weighted by Crippen LogP contribution is -2.49. The third kappa shape index (κ3) is 6.19. The van der Waals surface area contributed by atoms with Gasteiger partial charge in [-0.1, -0.05) is 0 Å². The molecular formula is C22H27N5O8S. The molecule has 0 radical (unpaired) electrons. The number of fused-ring (bicyclic) bond motifs is 3. The number of amides is 2. The maximum atomic E-state index is 12.6. The highest BCUT2D eigenvalue weighted by atomic mass is 32.2. The van der Waals surface area contributed by atoms with E-state index in [9.17, 15) is 28.8 Å². The predicted molar refractivity (Wildman–Crippen MR) is 128 cm³/mol. The third-order valence-corrected chi connectivity index (χ3v) is 6.96. The smallest absolute Gasteiger partial charge is 0.322 e. The van der Waals surface area contributed by atoms with E-state index < -0.39 is 53.9 Å². The van der Waals surface area contributed by atoms with Crippen molar-refractivity contribution in [1.29, 1.82) is 0 Å². The van der Waals surface area contributed by atoms with Gasteiger partial charge >= 0.3 is 11.9 Å². The molecule has 1 aromatic heterocycles. The van der Waals surface area contributed by atoms with Crippen LogP contribution in [0.2, 0.25) is 0 Å². The van der Waals surface area contributed by atoms with Crippen molar-refractivity contribution in [2.24, 2.45) is 5.73 Å². The van der Waals surface area contributed by atoms with Gasteiger partial charge in [-0.2, -0.15) is 0 Å². The molecule has 0 spiro atoms. The van der Waals surface area contributed by atoms with Crippen molar-refractivity contribution in [3.63, 3.8) is 0 Å². The molecule has 13 nitrogen and oxygen atoms in total. The van der Waals surface area contributed by atoms with Gasteiger partial charge in [-0.15, -0.1) is 11.8 Å². The highest BCUT2D eigenvalue weighted by molar-refractivity contribution is 8.08. The average molecular weight is 522 g/mol. The van der Waals surface area contributed by atoms with E-state index in [0.29, 0.717) is 29.1 Å². The Hall–Kier alpha value is -3.49. The van der Waals surface area contributed by atoms with Crippen molar-refractivity contribution in [3.05, 3.63) is 28.6 Å². The van der Waals surface area contributed by atoms with Gasteiger partial charge in [0.2, 0.25) is 23.4 Å². The number of carbonyl (C=O) groups is 6. The Bertz CT molecular complexity index is 1140. The van der Waals surface area contributed by atoms with Crippen LogP contribution in [0.3, 0.4) is 0 Å². The summed E-state index contributed by atoms with van der Waals surface area (Å²) >= 11 is 1.05. The molecule has 194 valence electrons. The van der Waals surface area contributed by atoms with E-state index in [1.165, 1.54) is 6.08 Å². The number of rotatable bonds is 11. The largest absolute Gasteiger partial charge is 0.480 e. The zero-order valence-corrected chi connectivity index (χ0v) is 20.2. The van der Waals surface area contributed by atoms with E-state index in [0.717, 1.165) is 23.0 Å². The Morgan fingerprint density at radius 1 is 1.25 bits per heavy atom. The first-order valence-electron chi connectivity index (χ1n) is 11.2. The molecule has 3 unspecified atom stereocenters. The Kier molecular flexibility index (Phi) is 8.66. The minimum atomic E-state index is -1.28. The summed E-state index contributed by atoms with van der Waals surface area (Å²) in [5.74, 6) is -5.38. The number of aromatic amines is 1. The second kappa shape index (κ2) is 11.5. The first-order chi connectivity index (χ1) is 17.0. The number of thioether (sulfide) groups is 1. The number of carboxylic acid groups (broad SMARTS) is 2. The van der Waals surface area contributed by atoms with E-state index in [1.54, 1.807) is 0 Å². The van der Waals surface area contributed by atoms with Crippen LogP contribution in [-0.4, -0.2) is 81.4 Å². The molecule has 2 amide bonds. The van der Waals surface area contributed by atoms with Crippen LogP contribution in [0.4, 0.5) is 0 Å². The fraction of sp³-hybridized carbons (Fsp3) is 0.455. The van der Waals surface area contributed by atoms with Crippen molar-refractivity contribution in [2.75, 3.05) is 18.8 Å². The zero-order chi connectivity index (χ0) is 26.6. The number of aromatic nitrogens is 1. The van der Waals surface area contributed by atoms with Gasteiger partial charge in [0.05, 0.1) is 11.3 Å². The van der Waals surface area contributed by atoms with Crippen LogP contribution in [0.15, 0.2) is 6.08 Å². The molecule has 0 saturated carbocycles. The molecule has 8 N–H and O–H groups in total. The molecule has 2 heterocycles. The van der Waals surface area contributed by atoms with E-state index >= 15 is 0 Å². The van der Waals surface area contributed by atoms with E-state index in [4.69, 9.17) is 15.9 Å². The van der Waals surface area contributed by atoms with Gasteiger partial charge in [-0.05, 0) is 31.9 Å². The first kappa shape index (κ1) is 27.1. The number of hydrogen-bond acceptors (Lipinski definition) is 9. The normalized spacial score (nSPS) is 18.4.